The predicted molar refractivity (Wildman–Crippen MR) is 342 cm³/mol. The highest BCUT2D eigenvalue weighted by atomic mass is 32.1. The molecule has 78 heavy (non-hydrogen) atoms. The zero-order chi connectivity index (χ0) is 55.7. The molecule has 2 heterocycles. The fourth-order valence-electron chi connectivity index (χ4n) is 9.71. The minimum atomic E-state index is -0.0200. The van der Waals surface area contributed by atoms with E-state index in [0.717, 1.165) is 66.5 Å². The smallest absolute Gasteiger partial charge is 0.160 e. The zero-order valence-electron chi connectivity index (χ0n) is 46.8. The van der Waals surface area contributed by atoms with Crippen molar-refractivity contribution in [3.63, 3.8) is 0 Å². The first-order valence-electron chi connectivity index (χ1n) is 27.3. The molecule has 0 N–H and O–H groups in total. The van der Waals surface area contributed by atoms with Crippen molar-refractivity contribution < 1.29 is 0 Å². The van der Waals surface area contributed by atoms with E-state index < -0.39 is 0 Å². The largest absolute Gasteiger partial charge is 0.313 e. The van der Waals surface area contributed by atoms with Gasteiger partial charge in [0.1, 0.15) is 0 Å². The second-order valence-electron chi connectivity index (χ2n) is 18.6. The molecule has 0 saturated carbocycles. The number of fused-ring (bicyclic) bond motifs is 4. The number of allylic oxidation sites excluding steroid dienone is 13. The van der Waals surface area contributed by atoms with Crippen LogP contribution in [0, 0.1) is 41.9 Å². The minimum Gasteiger partial charge on any atom is -0.313 e. The first-order valence-corrected chi connectivity index (χ1v) is 28.1. The van der Waals surface area contributed by atoms with E-state index in [1.807, 2.05) is 117 Å². The second kappa shape index (κ2) is 31.0. The van der Waals surface area contributed by atoms with Crippen LogP contribution in [0.3, 0.4) is 0 Å². The van der Waals surface area contributed by atoms with Gasteiger partial charge in [0.25, 0.3) is 0 Å². The third-order valence-corrected chi connectivity index (χ3v) is 14.7. The Morgan fingerprint density at radius 2 is 1.67 bits per heavy atom. The van der Waals surface area contributed by atoms with E-state index in [2.05, 4.69) is 165 Å². The van der Waals surface area contributed by atoms with E-state index >= 15 is 0 Å². The molecule has 0 radical (unpaired) electrons. The number of thiophene rings is 1. The number of amidine groups is 2. The van der Waals surface area contributed by atoms with Gasteiger partial charge in [0.2, 0.25) is 0 Å². The van der Waals surface area contributed by atoms with Gasteiger partial charge in [-0.1, -0.05) is 209 Å². The van der Waals surface area contributed by atoms with Gasteiger partial charge in [-0.25, -0.2) is 9.98 Å². The van der Waals surface area contributed by atoms with Crippen molar-refractivity contribution in [2.24, 2.45) is 26.8 Å². The summed E-state index contributed by atoms with van der Waals surface area (Å²) < 4.78 is 3.90. The van der Waals surface area contributed by atoms with Crippen molar-refractivity contribution in [1.29, 1.82) is 5.26 Å². The lowest BCUT2D eigenvalue weighted by atomic mass is 9.86. The van der Waals surface area contributed by atoms with Crippen molar-refractivity contribution in [1.82, 2.24) is 4.57 Å². The van der Waals surface area contributed by atoms with E-state index in [0.29, 0.717) is 29.6 Å². The molecular weight excluding hydrogens is 967 g/mol. The summed E-state index contributed by atoms with van der Waals surface area (Å²) in [4.78, 5) is 15.9. The normalized spacial score (nSPS) is 16.7. The quantitative estimate of drug-likeness (QED) is 0.0492. The molecule has 0 saturated heterocycles. The predicted octanol–water partition coefficient (Wildman–Crippen LogP) is 18.7. The number of hydrogen-bond donors (Lipinski definition) is 0. The summed E-state index contributed by atoms with van der Waals surface area (Å²) >= 11 is 1.96. The monoisotopic (exact) mass is 1040 g/mol. The molecule has 5 nitrogen and oxygen atoms in total. The van der Waals surface area contributed by atoms with Crippen LogP contribution >= 0.6 is 11.3 Å². The summed E-state index contributed by atoms with van der Waals surface area (Å²) in [6, 6.07) is 33.8. The summed E-state index contributed by atoms with van der Waals surface area (Å²) in [5, 5.41) is 11.0. The first-order chi connectivity index (χ1) is 38.3. The van der Waals surface area contributed by atoms with Crippen molar-refractivity contribution in [3.05, 3.63) is 250 Å². The number of aromatic nitrogens is 1. The average Bonchev–Trinajstić information content (AvgIpc) is 4.09. The molecule has 0 fully saturated rings. The lowest BCUT2D eigenvalue weighted by molar-refractivity contribution is 0.623. The van der Waals surface area contributed by atoms with Gasteiger partial charge in [-0.15, -0.1) is 11.3 Å². The third-order valence-electron chi connectivity index (χ3n) is 13.3. The van der Waals surface area contributed by atoms with Gasteiger partial charge in [-0.05, 0) is 142 Å². The van der Waals surface area contributed by atoms with Gasteiger partial charge in [-0.2, -0.15) is 5.26 Å². The van der Waals surface area contributed by atoms with Gasteiger partial charge in [0.15, 0.2) is 11.7 Å². The Hall–Kier alpha value is -8.42. The Balaban J connectivity index is 0.000000621. The summed E-state index contributed by atoms with van der Waals surface area (Å²) in [5.74, 6) is 8.02. The van der Waals surface area contributed by atoms with Crippen LogP contribution in [0.15, 0.2) is 210 Å². The summed E-state index contributed by atoms with van der Waals surface area (Å²) in [5.41, 5.74) is 14.8. The number of nitriles is 1. The molecule has 9 rings (SSSR count). The standard InChI is InChI=1S/C58H53N5S.C7H8.C5H8.C2H6/c1-6-9-10-11-13-20-40-21-14-12-15-22-45(33-40)57(60-4)62-58(61-5)47-36-46(43-30-27-41(39-59)28-31-43)37-48(38-47)63-53-26-17-16-24-49(53)50-32-29-42(35-54(50)63)34-44-23-18-25-52-51(19-7-2)55(8-3)64-56(44)52;1-7-5-3-2-4-6-7;1-3-5-4-2;1-2/h6-7,9-11,13,15,17-19,22-23,25-33,36-38,40,42H,1,4,8,12,16,20,24,34-35H2,2-3,5H3;2-6H,1H3;3-5H,1H2,2H3;1-2H3/b10-9-,13-11-,19-7-,22-15-,45-33+,61-58?,62-57?;;5-4-;. The molecule has 2 unspecified atom stereocenters. The molecule has 2 atom stereocenters. The minimum absolute atomic E-state index is 0.0200. The number of aryl methyl sites for hydroxylation is 2. The lowest BCUT2D eigenvalue weighted by Crippen LogP contribution is -2.14. The van der Waals surface area contributed by atoms with Gasteiger partial charge in [0.05, 0.1) is 11.6 Å². The first kappa shape index (κ1) is 58.8. The van der Waals surface area contributed by atoms with Crippen molar-refractivity contribution in [2.75, 3.05) is 7.05 Å². The number of rotatable bonds is 13. The summed E-state index contributed by atoms with van der Waals surface area (Å²) in [6.07, 6.45) is 41.8. The molecule has 0 spiro atoms. The third kappa shape index (κ3) is 15.4. The van der Waals surface area contributed by atoms with E-state index in [9.17, 15) is 5.26 Å². The topological polar surface area (TPSA) is 65.8 Å². The molecule has 6 heteroatoms. The van der Waals surface area contributed by atoms with Gasteiger partial charge in [-0.3, -0.25) is 4.99 Å². The zero-order valence-corrected chi connectivity index (χ0v) is 47.7. The van der Waals surface area contributed by atoms with E-state index in [-0.39, 0.29) is 5.92 Å². The molecule has 0 amide bonds. The van der Waals surface area contributed by atoms with Crippen molar-refractivity contribution in [3.8, 4) is 34.7 Å². The summed E-state index contributed by atoms with van der Waals surface area (Å²) in [7, 11) is 1.78. The molecule has 3 aliphatic rings. The molecule has 3 aliphatic carbocycles. The number of benzene rings is 4. The highest BCUT2D eigenvalue weighted by Gasteiger charge is 2.28. The fraction of sp³-hybridized carbons (Fsp3) is 0.222. The van der Waals surface area contributed by atoms with Crippen molar-refractivity contribution >= 4 is 58.0 Å². The lowest BCUT2D eigenvalue weighted by Gasteiger charge is -2.22. The number of hydrogen-bond acceptors (Lipinski definition) is 3. The van der Waals surface area contributed by atoms with E-state index in [1.54, 1.807) is 19.2 Å². The highest BCUT2D eigenvalue weighted by molar-refractivity contribution is 7.19. The Morgan fingerprint density at radius 1 is 0.872 bits per heavy atom. The Labute approximate surface area is 470 Å². The van der Waals surface area contributed by atoms with Crippen LogP contribution in [0.2, 0.25) is 0 Å². The van der Waals surface area contributed by atoms with E-state index in [4.69, 9.17) is 9.98 Å². The van der Waals surface area contributed by atoms with E-state index in [1.165, 1.54) is 54.2 Å². The van der Waals surface area contributed by atoms with Gasteiger partial charge >= 0.3 is 0 Å². The van der Waals surface area contributed by atoms with Crippen LogP contribution in [-0.4, -0.2) is 30.0 Å². The molecule has 0 aliphatic heterocycles. The second-order valence-corrected chi connectivity index (χ2v) is 19.7. The molecule has 0 bridgehead atoms. The molecular formula is C72H75N5S. The Morgan fingerprint density at radius 3 is 2.33 bits per heavy atom. The maximum Gasteiger partial charge on any atom is 0.160 e. The highest BCUT2D eigenvalue weighted by Crippen LogP contribution is 2.41. The van der Waals surface area contributed by atoms with Crippen LogP contribution in [0.5, 0.6) is 0 Å². The van der Waals surface area contributed by atoms with Crippen LogP contribution in [0.25, 0.3) is 45.1 Å². The molecule has 2 aromatic heterocycles. The summed E-state index contributed by atoms with van der Waals surface area (Å²) in [6.45, 7) is 23.6. The van der Waals surface area contributed by atoms with Gasteiger partial charge in [0, 0.05) is 62.6 Å². The maximum atomic E-state index is 9.66. The Bertz CT molecular complexity index is 3460. The number of aliphatic imine (C=N–C) groups is 3. The van der Waals surface area contributed by atoms with Crippen LogP contribution in [0.4, 0.5) is 0 Å². The van der Waals surface area contributed by atoms with Crippen LogP contribution < -0.4 is 0 Å². The van der Waals surface area contributed by atoms with Crippen molar-refractivity contribution in [2.45, 2.75) is 86.5 Å². The van der Waals surface area contributed by atoms with Gasteiger partial charge < -0.3 is 4.57 Å². The number of nitrogens with zero attached hydrogens (tertiary/aromatic N) is 5. The SMILES string of the molecule is C=C/C=C\C.C=C/C=C\C=C/CC1C#CC/C=C\C(C(N=C)=NC(=NC)c2cc(-c3ccc(C#N)cc3)cc(-n3c4c(c5c3CC(Cc3cccc6c(/C=C\C)c(CC)sc36)C=C5)CCC=C4)c2)=C/1.CC.Cc1ccccc1. The Kier molecular flexibility index (Phi) is 23.4. The average molecular weight is 1040 g/mol. The molecule has 4 aromatic carbocycles. The van der Waals surface area contributed by atoms with Crippen LogP contribution in [0.1, 0.15) is 109 Å². The molecule has 6 aromatic rings. The maximum absolute atomic E-state index is 9.66. The fourth-order valence-corrected chi connectivity index (χ4v) is 11.0. The van der Waals surface area contributed by atoms with Crippen LogP contribution in [-0.2, 0) is 25.7 Å². The molecule has 394 valence electrons.